The summed E-state index contributed by atoms with van der Waals surface area (Å²) in [4.78, 5) is 11.6. The van der Waals surface area contributed by atoms with Crippen LogP contribution in [0.5, 0.6) is 5.75 Å². The molecule has 1 aromatic heterocycles. The quantitative estimate of drug-likeness (QED) is 0.644. The number of aromatic nitrogens is 2. The van der Waals surface area contributed by atoms with Crippen molar-refractivity contribution in [3.05, 3.63) is 59.6 Å². The molecule has 7 heteroatoms. The van der Waals surface area contributed by atoms with Crippen LogP contribution >= 0.6 is 11.6 Å². The van der Waals surface area contributed by atoms with Gasteiger partial charge in [0.2, 0.25) is 5.95 Å². The van der Waals surface area contributed by atoms with Crippen LogP contribution < -0.4 is 15.0 Å². The van der Waals surface area contributed by atoms with Gasteiger partial charge in [0.25, 0.3) is 0 Å². The molecule has 1 saturated heterocycles. The van der Waals surface area contributed by atoms with Gasteiger partial charge in [-0.15, -0.1) is 0 Å². The highest BCUT2D eigenvalue weighted by atomic mass is 35.5. The molecule has 4 rings (SSSR count). The first-order valence-corrected chi connectivity index (χ1v) is 9.98. The van der Waals surface area contributed by atoms with Gasteiger partial charge in [-0.2, -0.15) is 4.98 Å². The molecule has 0 saturated carbocycles. The molecule has 0 spiro atoms. The Hall–Kier alpha value is -2.83. The molecule has 0 radical (unpaired) electrons. The van der Waals surface area contributed by atoms with Crippen LogP contribution in [0.4, 0.5) is 17.5 Å². The second-order valence-electron chi connectivity index (χ2n) is 6.99. The number of methoxy groups -OCH3 is 1. The highest BCUT2D eigenvalue weighted by Gasteiger charge is 2.20. The summed E-state index contributed by atoms with van der Waals surface area (Å²) in [6.45, 7) is 1.53. The van der Waals surface area contributed by atoms with Crippen molar-refractivity contribution in [3.8, 4) is 17.0 Å². The number of hydrogen-bond acceptors (Lipinski definition) is 6. The van der Waals surface area contributed by atoms with Crippen LogP contribution in [-0.4, -0.2) is 41.4 Å². The lowest BCUT2D eigenvalue weighted by molar-refractivity contribution is 0.145. The Balaban J connectivity index is 1.68. The summed E-state index contributed by atoms with van der Waals surface area (Å²) in [6, 6.07) is 17.5. The third-order valence-corrected chi connectivity index (χ3v) is 5.27. The Kier molecular flexibility index (Phi) is 5.83. The van der Waals surface area contributed by atoms with E-state index in [9.17, 15) is 5.11 Å². The maximum atomic E-state index is 9.83. The summed E-state index contributed by atoms with van der Waals surface area (Å²) in [5.74, 6) is 1.95. The van der Waals surface area contributed by atoms with Crippen molar-refractivity contribution in [1.29, 1.82) is 0 Å². The smallest absolute Gasteiger partial charge is 0.229 e. The van der Waals surface area contributed by atoms with E-state index in [-0.39, 0.29) is 6.10 Å². The van der Waals surface area contributed by atoms with Crippen molar-refractivity contribution >= 4 is 29.1 Å². The lowest BCUT2D eigenvalue weighted by Gasteiger charge is -2.30. The highest BCUT2D eigenvalue weighted by Crippen LogP contribution is 2.30. The Morgan fingerprint density at radius 1 is 1.07 bits per heavy atom. The average Bonchev–Trinajstić information content (AvgIpc) is 2.75. The Morgan fingerprint density at radius 3 is 2.52 bits per heavy atom. The van der Waals surface area contributed by atoms with E-state index in [2.05, 4.69) is 10.2 Å². The predicted molar refractivity (Wildman–Crippen MR) is 116 cm³/mol. The number of hydrogen-bond donors (Lipinski definition) is 2. The lowest BCUT2D eigenvalue weighted by Crippen LogP contribution is -2.36. The van der Waals surface area contributed by atoms with Crippen molar-refractivity contribution in [2.24, 2.45) is 0 Å². The number of anilines is 3. The fraction of sp³-hybridized carbons (Fsp3) is 0.273. The van der Waals surface area contributed by atoms with E-state index in [4.69, 9.17) is 26.3 Å². The van der Waals surface area contributed by atoms with Crippen LogP contribution in [0.15, 0.2) is 54.6 Å². The van der Waals surface area contributed by atoms with Crippen LogP contribution in [0.1, 0.15) is 12.8 Å². The van der Waals surface area contributed by atoms with E-state index >= 15 is 0 Å². The zero-order valence-electron chi connectivity index (χ0n) is 16.2. The molecule has 2 aromatic carbocycles. The lowest BCUT2D eigenvalue weighted by atomic mass is 10.1. The van der Waals surface area contributed by atoms with Gasteiger partial charge in [0.05, 0.1) is 23.9 Å². The third kappa shape index (κ3) is 4.60. The third-order valence-electron chi connectivity index (χ3n) is 4.98. The van der Waals surface area contributed by atoms with E-state index in [1.807, 2.05) is 42.5 Å². The van der Waals surface area contributed by atoms with Gasteiger partial charge in [-0.3, -0.25) is 0 Å². The van der Waals surface area contributed by atoms with Gasteiger partial charge in [0.15, 0.2) is 0 Å². The normalized spacial score (nSPS) is 14.7. The zero-order chi connectivity index (χ0) is 20.2. The highest BCUT2D eigenvalue weighted by molar-refractivity contribution is 6.32. The first kappa shape index (κ1) is 19.5. The number of aliphatic hydroxyl groups is 1. The molecule has 3 aromatic rings. The minimum atomic E-state index is -0.235. The summed E-state index contributed by atoms with van der Waals surface area (Å²) in [5, 5.41) is 13.6. The molecule has 1 aliphatic heterocycles. The van der Waals surface area contributed by atoms with Crippen molar-refractivity contribution in [1.82, 2.24) is 9.97 Å². The fourth-order valence-electron chi connectivity index (χ4n) is 3.38. The van der Waals surface area contributed by atoms with Gasteiger partial charge in [0, 0.05) is 30.4 Å². The molecule has 0 unspecified atom stereocenters. The SMILES string of the molecule is COc1ccc(Nc2nc(-c3ccccc3)cc(N3CCC(O)CC3)n2)cc1Cl. The second-order valence-corrected chi connectivity index (χ2v) is 7.40. The standard InChI is InChI=1S/C22H23ClN4O2/c1-29-20-8-7-16(13-18(20)23)24-22-25-19(15-5-3-2-4-6-15)14-21(26-22)27-11-9-17(28)10-12-27/h2-8,13-14,17,28H,9-12H2,1H3,(H,24,25,26). The largest absolute Gasteiger partial charge is 0.495 e. The van der Waals surface area contributed by atoms with Gasteiger partial charge in [0.1, 0.15) is 11.6 Å². The number of aliphatic hydroxyl groups excluding tert-OH is 1. The first-order valence-electron chi connectivity index (χ1n) is 9.60. The molecule has 0 atom stereocenters. The van der Waals surface area contributed by atoms with Gasteiger partial charge in [-0.1, -0.05) is 41.9 Å². The van der Waals surface area contributed by atoms with Crippen molar-refractivity contribution in [3.63, 3.8) is 0 Å². The van der Waals surface area contributed by atoms with E-state index in [1.54, 1.807) is 19.2 Å². The summed E-state index contributed by atoms with van der Waals surface area (Å²) >= 11 is 6.25. The Labute approximate surface area is 175 Å². The Bertz CT molecular complexity index is 976. The monoisotopic (exact) mass is 410 g/mol. The summed E-state index contributed by atoms with van der Waals surface area (Å²) in [5.41, 5.74) is 2.63. The molecule has 2 N–H and O–H groups in total. The van der Waals surface area contributed by atoms with Gasteiger partial charge in [-0.05, 0) is 31.0 Å². The van der Waals surface area contributed by atoms with Crippen LogP contribution in [0.3, 0.4) is 0 Å². The topological polar surface area (TPSA) is 70.5 Å². The van der Waals surface area contributed by atoms with Gasteiger partial charge < -0.3 is 20.1 Å². The van der Waals surface area contributed by atoms with Gasteiger partial charge >= 0.3 is 0 Å². The summed E-state index contributed by atoms with van der Waals surface area (Å²) in [6.07, 6.45) is 1.24. The average molecular weight is 411 g/mol. The second kappa shape index (κ2) is 8.68. The molecular formula is C22H23ClN4O2. The summed E-state index contributed by atoms with van der Waals surface area (Å²) < 4.78 is 5.22. The maximum Gasteiger partial charge on any atom is 0.229 e. The molecule has 0 aliphatic carbocycles. The van der Waals surface area contributed by atoms with E-state index in [0.29, 0.717) is 16.7 Å². The molecule has 2 heterocycles. The molecule has 1 fully saturated rings. The molecule has 1 aliphatic rings. The number of nitrogens with zero attached hydrogens (tertiary/aromatic N) is 3. The van der Waals surface area contributed by atoms with Crippen molar-refractivity contribution in [2.75, 3.05) is 30.4 Å². The molecule has 0 bridgehead atoms. The molecule has 6 nitrogen and oxygen atoms in total. The molecular weight excluding hydrogens is 388 g/mol. The van der Waals surface area contributed by atoms with Crippen LogP contribution in [-0.2, 0) is 0 Å². The predicted octanol–water partition coefficient (Wildman–Crippen LogP) is 4.51. The Morgan fingerprint density at radius 2 is 1.83 bits per heavy atom. The number of piperidine rings is 1. The summed E-state index contributed by atoms with van der Waals surface area (Å²) in [7, 11) is 1.59. The van der Waals surface area contributed by atoms with E-state index in [0.717, 1.165) is 48.7 Å². The van der Waals surface area contributed by atoms with Crippen molar-refractivity contribution < 1.29 is 9.84 Å². The molecule has 0 amide bonds. The number of nitrogens with one attached hydrogen (secondary N) is 1. The van der Waals surface area contributed by atoms with Crippen LogP contribution in [0.2, 0.25) is 5.02 Å². The number of halogens is 1. The maximum absolute atomic E-state index is 9.83. The number of benzene rings is 2. The number of ether oxygens (including phenoxy) is 1. The van der Waals surface area contributed by atoms with E-state index < -0.39 is 0 Å². The minimum Gasteiger partial charge on any atom is -0.495 e. The minimum absolute atomic E-state index is 0.235. The van der Waals surface area contributed by atoms with Gasteiger partial charge in [-0.25, -0.2) is 4.98 Å². The molecule has 29 heavy (non-hydrogen) atoms. The zero-order valence-corrected chi connectivity index (χ0v) is 16.9. The fourth-order valence-corrected chi connectivity index (χ4v) is 3.64. The van der Waals surface area contributed by atoms with Crippen LogP contribution in [0.25, 0.3) is 11.3 Å². The molecule has 150 valence electrons. The first-order chi connectivity index (χ1) is 14.1. The van der Waals surface area contributed by atoms with Crippen molar-refractivity contribution in [2.45, 2.75) is 18.9 Å². The number of rotatable bonds is 5. The van der Waals surface area contributed by atoms with E-state index in [1.165, 1.54) is 0 Å². The van der Waals surface area contributed by atoms with Crippen LogP contribution in [0, 0.1) is 0 Å².